The van der Waals surface area contributed by atoms with Gasteiger partial charge in [0.05, 0.1) is 30.1 Å². The van der Waals surface area contributed by atoms with Gasteiger partial charge in [0.25, 0.3) is 0 Å². The highest BCUT2D eigenvalue weighted by Gasteiger charge is 2.43. The Labute approximate surface area is 112 Å². The van der Waals surface area contributed by atoms with Gasteiger partial charge < -0.3 is 10.1 Å². The lowest BCUT2D eigenvalue weighted by Crippen LogP contribution is -2.53. The molecule has 0 spiro atoms. The van der Waals surface area contributed by atoms with Crippen LogP contribution >= 0.6 is 0 Å². The first-order valence-corrected chi connectivity index (χ1v) is 7.81. The summed E-state index contributed by atoms with van der Waals surface area (Å²) in [6.45, 7) is 5.63. The molecule has 7 nitrogen and oxygen atoms in total. The zero-order chi connectivity index (χ0) is 13.6. The summed E-state index contributed by atoms with van der Waals surface area (Å²) in [5.74, 6) is 0. The van der Waals surface area contributed by atoms with Gasteiger partial charge in [-0.1, -0.05) is 0 Å². The molecule has 2 saturated heterocycles. The number of aromatic amines is 1. The second-order valence-electron chi connectivity index (χ2n) is 5.01. The highest BCUT2D eigenvalue weighted by atomic mass is 32.2. The highest BCUT2D eigenvalue weighted by Crippen LogP contribution is 2.28. The monoisotopic (exact) mass is 286 g/mol. The Kier molecular flexibility index (Phi) is 3.12. The van der Waals surface area contributed by atoms with Crippen LogP contribution in [0.1, 0.15) is 11.4 Å². The molecule has 0 amide bonds. The van der Waals surface area contributed by atoms with Gasteiger partial charge in [-0.2, -0.15) is 9.40 Å². The van der Waals surface area contributed by atoms with Gasteiger partial charge in [-0.25, -0.2) is 8.42 Å². The van der Waals surface area contributed by atoms with Crippen molar-refractivity contribution in [3.8, 4) is 0 Å². The Bertz CT molecular complexity index is 563. The fourth-order valence-electron chi connectivity index (χ4n) is 2.89. The van der Waals surface area contributed by atoms with E-state index < -0.39 is 10.0 Å². The van der Waals surface area contributed by atoms with E-state index >= 15 is 0 Å². The molecule has 0 aromatic carbocycles. The van der Waals surface area contributed by atoms with Gasteiger partial charge in [0.1, 0.15) is 4.90 Å². The van der Waals surface area contributed by atoms with E-state index in [0.717, 1.165) is 0 Å². The Morgan fingerprint density at radius 2 is 2.16 bits per heavy atom. The molecule has 2 atom stereocenters. The Morgan fingerprint density at radius 3 is 2.84 bits per heavy atom. The lowest BCUT2D eigenvalue weighted by Gasteiger charge is -2.35. The third-order valence-electron chi connectivity index (χ3n) is 3.77. The van der Waals surface area contributed by atoms with E-state index in [1.54, 1.807) is 18.2 Å². The molecule has 0 bridgehead atoms. The minimum absolute atomic E-state index is 0.0453. The van der Waals surface area contributed by atoms with Crippen LogP contribution in [-0.4, -0.2) is 61.3 Å². The Hall–Kier alpha value is -0.960. The van der Waals surface area contributed by atoms with Crippen molar-refractivity contribution in [1.82, 2.24) is 19.8 Å². The largest absolute Gasteiger partial charge is 0.374 e. The second-order valence-corrected chi connectivity index (χ2v) is 6.84. The van der Waals surface area contributed by atoms with E-state index in [9.17, 15) is 8.42 Å². The number of H-pyrrole nitrogens is 1. The molecule has 19 heavy (non-hydrogen) atoms. The van der Waals surface area contributed by atoms with Crippen molar-refractivity contribution >= 4 is 10.0 Å². The first-order chi connectivity index (χ1) is 9.01. The maximum atomic E-state index is 12.8. The zero-order valence-corrected chi connectivity index (χ0v) is 11.8. The highest BCUT2D eigenvalue weighted by molar-refractivity contribution is 7.89. The van der Waals surface area contributed by atoms with E-state index in [0.29, 0.717) is 42.5 Å². The number of hydrogen-bond donors (Lipinski definition) is 2. The molecule has 2 aliphatic rings. The van der Waals surface area contributed by atoms with Gasteiger partial charge in [0.15, 0.2) is 0 Å². The van der Waals surface area contributed by atoms with Crippen molar-refractivity contribution < 1.29 is 13.2 Å². The number of aromatic nitrogens is 2. The summed E-state index contributed by atoms with van der Waals surface area (Å²) in [6, 6.07) is -0.118. The minimum Gasteiger partial charge on any atom is -0.374 e. The fourth-order valence-corrected chi connectivity index (χ4v) is 4.86. The van der Waals surface area contributed by atoms with Crippen molar-refractivity contribution in [3.63, 3.8) is 0 Å². The van der Waals surface area contributed by atoms with Gasteiger partial charge in [0.2, 0.25) is 10.0 Å². The first-order valence-electron chi connectivity index (χ1n) is 6.37. The zero-order valence-electron chi connectivity index (χ0n) is 11.0. The van der Waals surface area contributed by atoms with E-state index in [-0.39, 0.29) is 12.1 Å². The quantitative estimate of drug-likeness (QED) is 0.757. The molecule has 1 aromatic heterocycles. The number of fused-ring (bicyclic) bond motifs is 1. The van der Waals surface area contributed by atoms with Crippen LogP contribution in [0.15, 0.2) is 4.90 Å². The minimum atomic E-state index is -3.51. The normalized spacial score (nSPS) is 28.5. The number of sulfonamides is 1. The Morgan fingerprint density at radius 1 is 1.37 bits per heavy atom. The summed E-state index contributed by atoms with van der Waals surface area (Å²) >= 11 is 0. The number of hydrogen-bond acceptors (Lipinski definition) is 5. The van der Waals surface area contributed by atoms with Crippen molar-refractivity contribution in [2.75, 3.05) is 26.2 Å². The van der Waals surface area contributed by atoms with Crippen molar-refractivity contribution in [3.05, 3.63) is 11.4 Å². The van der Waals surface area contributed by atoms with Crippen molar-refractivity contribution in [2.45, 2.75) is 30.9 Å². The van der Waals surface area contributed by atoms with Crippen molar-refractivity contribution in [2.24, 2.45) is 0 Å². The number of morpholine rings is 1. The topological polar surface area (TPSA) is 87.3 Å². The third kappa shape index (κ3) is 1.99. The summed E-state index contributed by atoms with van der Waals surface area (Å²) in [7, 11) is -3.51. The van der Waals surface area contributed by atoms with Crippen LogP contribution in [0.25, 0.3) is 0 Å². The van der Waals surface area contributed by atoms with Crippen LogP contribution in [0, 0.1) is 13.8 Å². The van der Waals surface area contributed by atoms with Crippen LogP contribution in [0.4, 0.5) is 0 Å². The molecule has 3 heterocycles. The number of nitrogens with zero attached hydrogens (tertiary/aromatic N) is 2. The first kappa shape index (κ1) is 13.0. The summed E-state index contributed by atoms with van der Waals surface area (Å²) in [6.07, 6.45) is -0.0453. The van der Waals surface area contributed by atoms with Crippen LogP contribution < -0.4 is 5.32 Å². The molecule has 8 heteroatoms. The molecule has 2 N–H and O–H groups in total. The van der Waals surface area contributed by atoms with Gasteiger partial charge in [0, 0.05) is 19.6 Å². The number of aryl methyl sites for hydroxylation is 2. The maximum absolute atomic E-state index is 12.8. The number of ether oxygens (including phenoxy) is 1. The van der Waals surface area contributed by atoms with Crippen LogP contribution in [0.2, 0.25) is 0 Å². The summed E-state index contributed by atoms with van der Waals surface area (Å²) in [5.41, 5.74) is 1.11. The molecule has 0 radical (unpaired) electrons. The third-order valence-corrected chi connectivity index (χ3v) is 5.96. The molecule has 106 valence electrons. The lowest BCUT2D eigenvalue weighted by atomic mass is 10.2. The van der Waals surface area contributed by atoms with Gasteiger partial charge in [-0.05, 0) is 13.8 Å². The predicted molar refractivity (Wildman–Crippen MR) is 68.4 cm³/mol. The van der Waals surface area contributed by atoms with E-state index in [1.165, 1.54) is 0 Å². The molecule has 0 saturated carbocycles. The van der Waals surface area contributed by atoms with Crippen LogP contribution in [0.3, 0.4) is 0 Å². The lowest BCUT2D eigenvalue weighted by molar-refractivity contribution is -0.0149. The molecule has 0 aliphatic carbocycles. The maximum Gasteiger partial charge on any atom is 0.247 e. The van der Waals surface area contributed by atoms with E-state index in [1.807, 2.05) is 0 Å². The summed E-state index contributed by atoms with van der Waals surface area (Å²) in [4.78, 5) is 0.306. The molecular weight excluding hydrogens is 268 g/mol. The van der Waals surface area contributed by atoms with Crippen LogP contribution in [-0.2, 0) is 14.8 Å². The fraction of sp³-hybridized carbons (Fsp3) is 0.727. The van der Waals surface area contributed by atoms with Gasteiger partial charge in [-0.15, -0.1) is 0 Å². The second kappa shape index (κ2) is 4.55. The predicted octanol–water partition coefficient (Wildman–Crippen LogP) is -0.612. The molecule has 2 fully saturated rings. The number of rotatable bonds is 2. The summed E-state index contributed by atoms with van der Waals surface area (Å²) in [5, 5.41) is 9.91. The SMILES string of the molecule is Cc1n[nH]c(C)c1S(=O)(=O)N1CCO[C@H]2CNC[C@H]21. The molecule has 3 rings (SSSR count). The molecule has 1 aromatic rings. The summed E-state index contributed by atoms with van der Waals surface area (Å²) < 4.78 is 32.8. The number of nitrogens with one attached hydrogen (secondary N) is 2. The average molecular weight is 286 g/mol. The standard InChI is InChI=1S/C11H18N4O3S/c1-7-11(8(2)14-13-7)19(16,17)15-3-4-18-10-6-12-5-9(10)15/h9-10,12H,3-6H2,1-2H3,(H,13,14)/t9-,10+/m1/s1. The smallest absolute Gasteiger partial charge is 0.247 e. The van der Waals surface area contributed by atoms with Gasteiger partial charge in [-0.3, -0.25) is 5.10 Å². The molecular formula is C11H18N4O3S. The van der Waals surface area contributed by atoms with Crippen molar-refractivity contribution in [1.29, 1.82) is 0 Å². The molecule has 2 aliphatic heterocycles. The van der Waals surface area contributed by atoms with E-state index in [2.05, 4.69) is 15.5 Å². The Balaban J connectivity index is 2.00. The van der Waals surface area contributed by atoms with Gasteiger partial charge >= 0.3 is 0 Å². The van der Waals surface area contributed by atoms with Crippen LogP contribution in [0.5, 0.6) is 0 Å². The van der Waals surface area contributed by atoms with E-state index in [4.69, 9.17) is 4.74 Å². The molecule has 0 unspecified atom stereocenters. The average Bonchev–Trinajstić information content (AvgIpc) is 2.95.